The average molecular weight is 898 g/mol. The van der Waals surface area contributed by atoms with Gasteiger partial charge in [-0.1, -0.05) is 172 Å². The normalized spacial score (nSPS) is 13.2. The maximum absolute atomic E-state index is 12.5. The summed E-state index contributed by atoms with van der Waals surface area (Å²) in [7, 11) is 4.04. The van der Waals surface area contributed by atoms with Gasteiger partial charge in [-0.15, -0.1) is 0 Å². The van der Waals surface area contributed by atoms with Crippen LogP contribution >= 0.6 is 0 Å². The van der Waals surface area contributed by atoms with Crippen LogP contribution in [0.5, 0.6) is 0 Å². The molecule has 0 radical (unpaired) electrons. The van der Waals surface area contributed by atoms with Gasteiger partial charge in [-0.2, -0.15) is 0 Å². The van der Waals surface area contributed by atoms with E-state index in [9.17, 15) is 14.4 Å². The SMILES string of the molecule is CC.CC(C)CCCC(C)CCO.CC(C)CCCC(C)CCOC(=O)CCCCCCCC(CCCCCCCC(=O)OCCC(C)CCCC(C)C)OC(=O)CCCN(C)C. The van der Waals surface area contributed by atoms with Gasteiger partial charge in [-0.25, -0.2) is 0 Å². The van der Waals surface area contributed by atoms with Crippen LogP contribution < -0.4 is 0 Å². The summed E-state index contributed by atoms with van der Waals surface area (Å²) < 4.78 is 16.9. The third-order valence-electron chi connectivity index (χ3n) is 11.9. The highest BCUT2D eigenvalue weighted by atomic mass is 16.5. The number of carbonyl (C=O) groups is 3. The Balaban J connectivity index is -0.00000239. The number of ether oxygens (including phenoxy) is 3. The third kappa shape index (κ3) is 54.6. The number of unbranched alkanes of at least 4 members (excludes halogenated alkanes) is 8. The van der Waals surface area contributed by atoms with Crippen molar-refractivity contribution in [3.05, 3.63) is 0 Å². The van der Waals surface area contributed by atoms with E-state index in [0.717, 1.165) is 127 Å². The summed E-state index contributed by atoms with van der Waals surface area (Å²) in [5.41, 5.74) is 0. The van der Waals surface area contributed by atoms with Crippen LogP contribution in [0.4, 0.5) is 0 Å². The van der Waals surface area contributed by atoms with E-state index in [2.05, 4.69) is 67.2 Å². The first-order chi connectivity index (χ1) is 30.0. The lowest BCUT2D eigenvalue weighted by Crippen LogP contribution is -2.20. The van der Waals surface area contributed by atoms with E-state index in [4.69, 9.17) is 19.3 Å². The number of aliphatic hydroxyl groups excluding tert-OH is 1. The zero-order chi connectivity index (χ0) is 48.1. The Bertz CT molecular complexity index is 932. The zero-order valence-corrected chi connectivity index (χ0v) is 44.5. The number of hydrogen-bond donors (Lipinski definition) is 1. The molecule has 8 heteroatoms. The van der Waals surface area contributed by atoms with E-state index in [0.29, 0.717) is 56.8 Å². The standard InChI is InChI=1S/C43H83NO6.C10H22O.C2H6/c1-36(2)22-19-24-38(5)31-34-48-41(45)28-17-13-9-11-15-26-40(50-43(47)30-21-33-44(7)8)27-16-12-10-14-18-29-42(46)49-35-32-39(6)25-20-23-37(3)4;1-9(2)5-4-6-10(3)7-8-11;1-2/h36-40H,9-35H2,1-8H3;9-11H,4-8H2,1-3H3;1-2H3. The number of nitrogens with zero attached hydrogens (tertiary/aromatic N) is 1. The quantitative estimate of drug-likeness (QED) is 0.0368. The van der Waals surface area contributed by atoms with Crippen molar-refractivity contribution in [1.29, 1.82) is 0 Å². The van der Waals surface area contributed by atoms with E-state index in [1.807, 2.05) is 27.9 Å². The molecule has 0 fully saturated rings. The maximum Gasteiger partial charge on any atom is 0.306 e. The van der Waals surface area contributed by atoms with Gasteiger partial charge in [-0.3, -0.25) is 14.4 Å². The Morgan fingerprint density at radius 1 is 0.413 bits per heavy atom. The first-order valence-electron chi connectivity index (χ1n) is 26.8. The molecule has 0 aliphatic rings. The van der Waals surface area contributed by atoms with Crippen molar-refractivity contribution >= 4 is 17.9 Å². The highest BCUT2D eigenvalue weighted by Gasteiger charge is 2.15. The molecule has 1 N–H and O–H groups in total. The van der Waals surface area contributed by atoms with Crippen molar-refractivity contribution in [2.45, 2.75) is 262 Å². The van der Waals surface area contributed by atoms with Crippen LogP contribution in [0, 0.1) is 35.5 Å². The second-order valence-electron chi connectivity index (χ2n) is 20.5. The fraction of sp³-hybridized carbons (Fsp3) is 0.945. The summed E-state index contributed by atoms with van der Waals surface area (Å²) in [5, 5.41) is 8.65. The second kappa shape index (κ2) is 48.3. The lowest BCUT2D eigenvalue weighted by Gasteiger charge is -2.18. The van der Waals surface area contributed by atoms with Gasteiger partial charge in [0.05, 0.1) is 13.2 Å². The highest BCUT2D eigenvalue weighted by Crippen LogP contribution is 2.20. The number of hydrogen-bond acceptors (Lipinski definition) is 8. The average Bonchev–Trinajstić information content (AvgIpc) is 3.20. The Morgan fingerprint density at radius 2 is 0.762 bits per heavy atom. The topological polar surface area (TPSA) is 102 Å². The summed E-state index contributed by atoms with van der Waals surface area (Å²) >= 11 is 0. The molecule has 0 aromatic heterocycles. The number of rotatable bonds is 41. The summed E-state index contributed by atoms with van der Waals surface area (Å²) in [6.07, 6.45) is 28.6. The van der Waals surface area contributed by atoms with Crippen LogP contribution in [0.3, 0.4) is 0 Å². The molecule has 0 aromatic rings. The minimum Gasteiger partial charge on any atom is -0.466 e. The first kappa shape index (κ1) is 65.6. The van der Waals surface area contributed by atoms with Gasteiger partial charge in [0.15, 0.2) is 0 Å². The molecule has 0 amide bonds. The first-order valence-corrected chi connectivity index (χ1v) is 26.8. The van der Waals surface area contributed by atoms with Crippen molar-refractivity contribution in [3.63, 3.8) is 0 Å². The molecular formula is C55H111NO7. The Kier molecular flexibility index (Phi) is 50.3. The van der Waals surface area contributed by atoms with Crippen molar-refractivity contribution in [2.75, 3.05) is 40.5 Å². The molecule has 0 saturated carbocycles. The van der Waals surface area contributed by atoms with Gasteiger partial charge in [0.25, 0.3) is 0 Å². The smallest absolute Gasteiger partial charge is 0.306 e. The van der Waals surface area contributed by atoms with Crippen LogP contribution in [0.15, 0.2) is 0 Å². The molecule has 0 heterocycles. The lowest BCUT2D eigenvalue weighted by atomic mass is 9.98. The van der Waals surface area contributed by atoms with E-state index in [-0.39, 0.29) is 24.0 Å². The second-order valence-corrected chi connectivity index (χ2v) is 20.5. The van der Waals surface area contributed by atoms with Crippen LogP contribution in [0.2, 0.25) is 0 Å². The van der Waals surface area contributed by atoms with E-state index >= 15 is 0 Å². The molecule has 0 saturated heterocycles. The fourth-order valence-corrected chi connectivity index (χ4v) is 7.56. The van der Waals surface area contributed by atoms with Gasteiger partial charge in [-0.05, 0) is 120 Å². The molecule has 63 heavy (non-hydrogen) atoms. The van der Waals surface area contributed by atoms with Crippen LogP contribution in [-0.2, 0) is 28.6 Å². The van der Waals surface area contributed by atoms with Crippen LogP contribution in [-0.4, -0.2) is 74.5 Å². The molecule has 8 nitrogen and oxygen atoms in total. The molecule has 0 aliphatic heterocycles. The molecule has 0 aliphatic carbocycles. The molecule has 0 bridgehead atoms. The molecule has 3 atom stereocenters. The van der Waals surface area contributed by atoms with Gasteiger partial charge in [0.1, 0.15) is 6.10 Å². The van der Waals surface area contributed by atoms with E-state index in [1.165, 1.54) is 57.8 Å². The predicted molar refractivity (Wildman–Crippen MR) is 270 cm³/mol. The molecule has 0 spiro atoms. The molecule has 3 unspecified atom stereocenters. The molecule has 0 aromatic carbocycles. The molecular weight excluding hydrogens is 787 g/mol. The largest absolute Gasteiger partial charge is 0.466 e. The van der Waals surface area contributed by atoms with E-state index < -0.39 is 0 Å². The predicted octanol–water partition coefficient (Wildman–Crippen LogP) is 15.4. The number of aliphatic hydroxyl groups is 1. The van der Waals surface area contributed by atoms with Gasteiger partial charge in [0, 0.05) is 25.9 Å². The summed E-state index contributed by atoms with van der Waals surface area (Å²) in [5.74, 6) is 4.07. The fourth-order valence-electron chi connectivity index (χ4n) is 7.56. The van der Waals surface area contributed by atoms with Crippen molar-refractivity contribution in [1.82, 2.24) is 4.90 Å². The van der Waals surface area contributed by atoms with Crippen molar-refractivity contribution < 1.29 is 33.7 Å². The Morgan fingerprint density at radius 3 is 1.13 bits per heavy atom. The zero-order valence-electron chi connectivity index (χ0n) is 44.5. The highest BCUT2D eigenvalue weighted by molar-refractivity contribution is 5.70. The molecule has 0 rings (SSSR count). The van der Waals surface area contributed by atoms with Crippen molar-refractivity contribution in [2.24, 2.45) is 35.5 Å². The van der Waals surface area contributed by atoms with Crippen LogP contribution in [0.25, 0.3) is 0 Å². The third-order valence-corrected chi connectivity index (χ3v) is 11.9. The Labute approximate surface area is 393 Å². The maximum atomic E-state index is 12.5. The van der Waals surface area contributed by atoms with Gasteiger partial charge >= 0.3 is 17.9 Å². The van der Waals surface area contributed by atoms with E-state index in [1.54, 1.807) is 0 Å². The Hall–Kier alpha value is -1.67. The summed E-state index contributed by atoms with van der Waals surface area (Å²) in [6.45, 7) is 26.6. The van der Waals surface area contributed by atoms with Crippen LogP contribution in [0.1, 0.15) is 256 Å². The lowest BCUT2D eigenvalue weighted by molar-refractivity contribution is -0.150. The summed E-state index contributed by atoms with van der Waals surface area (Å²) in [6, 6.07) is 0. The minimum atomic E-state index is -0.0798. The minimum absolute atomic E-state index is 0.0210. The molecule has 378 valence electrons. The number of esters is 3. The monoisotopic (exact) mass is 898 g/mol. The summed E-state index contributed by atoms with van der Waals surface area (Å²) in [4.78, 5) is 38.9. The number of carbonyl (C=O) groups excluding carboxylic acids is 3. The van der Waals surface area contributed by atoms with Gasteiger partial charge < -0.3 is 24.2 Å². The van der Waals surface area contributed by atoms with Crippen molar-refractivity contribution in [3.8, 4) is 0 Å². The van der Waals surface area contributed by atoms with Gasteiger partial charge in [0.2, 0.25) is 0 Å².